The van der Waals surface area contributed by atoms with Crippen LogP contribution in [0.5, 0.6) is 0 Å². The molecule has 23 heavy (non-hydrogen) atoms. The number of carbonyl (C=O) groups is 1. The van der Waals surface area contributed by atoms with Crippen LogP contribution in [0.4, 0.5) is 5.69 Å². The minimum Gasteiger partial charge on any atom is -0.319 e. The van der Waals surface area contributed by atoms with Crippen LogP contribution in [0.2, 0.25) is 0 Å². The maximum atomic E-state index is 12.3. The lowest BCUT2D eigenvalue weighted by Gasteiger charge is -2.07. The van der Waals surface area contributed by atoms with Crippen LogP contribution in [-0.2, 0) is 6.54 Å². The van der Waals surface area contributed by atoms with Gasteiger partial charge in [0.15, 0.2) is 0 Å². The highest BCUT2D eigenvalue weighted by atomic mass is 16.1. The Bertz CT molecular complexity index is 810. The Morgan fingerprint density at radius 2 is 1.78 bits per heavy atom. The molecule has 0 aliphatic rings. The van der Waals surface area contributed by atoms with Crippen molar-refractivity contribution in [2.24, 2.45) is 0 Å². The van der Waals surface area contributed by atoms with E-state index >= 15 is 0 Å². The summed E-state index contributed by atoms with van der Waals surface area (Å²) in [5.41, 5.74) is 4.26. The molecule has 0 unspecified atom stereocenters. The molecule has 5 heteroatoms. The van der Waals surface area contributed by atoms with Crippen LogP contribution in [0.3, 0.4) is 0 Å². The summed E-state index contributed by atoms with van der Waals surface area (Å²) in [6.45, 7) is 4.54. The quantitative estimate of drug-likeness (QED) is 0.805. The zero-order chi connectivity index (χ0) is 16.2. The van der Waals surface area contributed by atoms with E-state index in [0.29, 0.717) is 12.1 Å². The number of aryl methyl sites for hydroxylation is 1. The Labute approximate surface area is 135 Å². The van der Waals surface area contributed by atoms with E-state index in [1.165, 1.54) is 5.56 Å². The highest BCUT2D eigenvalue weighted by molar-refractivity contribution is 6.04. The monoisotopic (exact) mass is 306 g/mol. The molecule has 1 aromatic carbocycles. The summed E-state index contributed by atoms with van der Waals surface area (Å²) >= 11 is 0. The number of benzene rings is 1. The molecule has 0 aliphatic carbocycles. The van der Waals surface area contributed by atoms with E-state index in [9.17, 15) is 4.79 Å². The minimum atomic E-state index is -0.155. The fraction of sp³-hybridized carbons (Fsp3) is 0.167. The van der Waals surface area contributed by atoms with Crippen LogP contribution >= 0.6 is 0 Å². The van der Waals surface area contributed by atoms with E-state index in [2.05, 4.69) is 27.5 Å². The number of nitrogens with one attached hydrogen (secondary N) is 1. The molecule has 0 saturated carbocycles. The maximum absolute atomic E-state index is 12.3. The van der Waals surface area contributed by atoms with Crippen molar-refractivity contribution in [2.45, 2.75) is 20.4 Å². The van der Waals surface area contributed by atoms with Gasteiger partial charge in [0.1, 0.15) is 0 Å². The largest absolute Gasteiger partial charge is 0.319 e. The zero-order valence-corrected chi connectivity index (χ0v) is 13.2. The average Bonchev–Trinajstić information content (AvgIpc) is 2.84. The Morgan fingerprint density at radius 1 is 1.09 bits per heavy atom. The van der Waals surface area contributed by atoms with Crippen molar-refractivity contribution < 1.29 is 4.79 Å². The average molecular weight is 306 g/mol. The highest BCUT2D eigenvalue weighted by Crippen LogP contribution is 2.21. The molecule has 5 nitrogen and oxygen atoms in total. The van der Waals surface area contributed by atoms with Crippen molar-refractivity contribution in [1.29, 1.82) is 0 Å². The smallest absolute Gasteiger partial charge is 0.255 e. The molecule has 3 rings (SSSR count). The lowest BCUT2D eigenvalue weighted by atomic mass is 10.2. The van der Waals surface area contributed by atoms with Gasteiger partial charge >= 0.3 is 0 Å². The fourth-order valence-electron chi connectivity index (χ4n) is 2.48. The molecule has 0 bridgehead atoms. The molecule has 1 N–H and O–H groups in total. The number of anilines is 1. The van der Waals surface area contributed by atoms with E-state index in [1.54, 1.807) is 24.5 Å². The SMILES string of the molecule is Cc1nn(Cc2ccccc2)c(C)c1NC(=O)c1ccncc1. The Kier molecular flexibility index (Phi) is 4.19. The molecule has 0 aliphatic heterocycles. The van der Waals surface area contributed by atoms with Gasteiger partial charge in [0, 0.05) is 18.0 Å². The third-order valence-electron chi connectivity index (χ3n) is 3.74. The van der Waals surface area contributed by atoms with Crippen molar-refractivity contribution in [2.75, 3.05) is 5.32 Å². The number of carbonyl (C=O) groups excluding carboxylic acids is 1. The standard InChI is InChI=1S/C18H18N4O/c1-13-17(20-18(23)16-8-10-19-11-9-16)14(2)22(21-13)12-15-6-4-3-5-7-15/h3-11H,12H2,1-2H3,(H,20,23). The van der Waals surface area contributed by atoms with Crippen molar-refractivity contribution >= 4 is 11.6 Å². The number of rotatable bonds is 4. The van der Waals surface area contributed by atoms with Crippen LogP contribution in [0.1, 0.15) is 27.3 Å². The summed E-state index contributed by atoms with van der Waals surface area (Å²) < 4.78 is 1.91. The van der Waals surface area contributed by atoms with Gasteiger partial charge < -0.3 is 5.32 Å². The summed E-state index contributed by atoms with van der Waals surface area (Å²) in [6.07, 6.45) is 3.21. The third kappa shape index (κ3) is 3.29. The summed E-state index contributed by atoms with van der Waals surface area (Å²) in [5.74, 6) is -0.155. The first kappa shape index (κ1) is 15.0. The Hall–Kier alpha value is -2.95. The number of hydrogen-bond acceptors (Lipinski definition) is 3. The normalized spacial score (nSPS) is 10.5. The second kappa shape index (κ2) is 6.44. The predicted molar refractivity (Wildman–Crippen MR) is 89.4 cm³/mol. The van der Waals surface area contributed by atoms with Crippen LogP contribution in [0.25, 0.3) is 0 Å². The first-order valence-corrected chi connectivity index (χ1v) is 7.44. The van der Waals surface area contributed by atoms with Crippen molar-refractivity contribution in [3.05, 3.63) is 77.4 Å². The molecule has 0 radical (unpaired) electrons. The van der Waals surface area contributed by atoms with Gasteiger partial charge in [-0.15, -0.1) is 0 Å². The molecule has 0 spiro atoms. The molecule has 0 fully saturated rings. The van der Waals surface area contributed by atoms with Crippen molar-refractivity contribution in [3.63, 3.8) is 0 Å². The van der Waals surface area contributed by atoms with Crippen LogP contribution < -0.4 is 5.32 Å². The van der Waals surface area contributed by atoms with Gasteiger partial charge in [-0.1, -0.05) is 30.3 Å². The molecule has 0 atom stereocenters. The molecular formula is C18H18N4O. The number of amides is 1. The minimum absolute atomic E-state index is 0.155. The Balaban J connectivity index is 1.82. The topological polar surface area (TPSA) is 59.8 Å². The van der Waals surface area contributed by atoms with Crippen molar-refractivity contribution in [1.82, 2.24) is 14.8 Å². The van der Waals surface area contributed by atoms with Gasteiger partial charge in [-0.2, -0.15) is 5.10 Å². The number of nitrogens with zero attached hydrogens (tertiary/aromatic N) is 3. The molecule has 3 aromatic rings. The zero-order valence-electron chi connectivity index (χ0n) is 13.2. The van der Waals surface area contributed by atoms with Crippen molar-refractivity contribution in [3.8, 4) is 0 Å². The Morgan fingerprint density at radius 3 is 2.48 bits per heavy atom. The molecule has 2 aromatic heterocycles. The van der Waals surface area contributed by atoms with Gasteiger partial charge in [0.25, 0.3) is 5.91 Å². The number of hydrogen-bond donors (Lipinski definition) is 1. The van der Waals surface area contributed by atoms with Crippen LogP contribution in [0, 0.1) is 13.8 Å². The van der Waals surface area contributed by atoms with E-state index in [1.807, 2.05) is 36.7 Å². The first-order valence-electron chi connectivity index (χ1n) is 7.44. The predicted octanol–water partition coefficient (Wildman–Crippen LogP) is 3.20. The van der Waals surface area contributed by atoms with Gasteiger partial charge in [-0.25, -0.2) is 0 Å². The van der Waals surface area contributed by atoms with Crippen LogP contribution in [0.15, 0.2) is 54.9 Å². The molecular weight excluding hydrogens is 288 g/mol. The first-order chi connectivity index (χ1) is 11.1. The molecule has 116 valence electrons. The highest BCUT2D eigenvalue weighted by Gasteiger charge is 2.15. The van der Waals surface area contributed by atoms with E-state index in [4.69, 9.17) is 0 Å². The van der Waals surface area contributed by atoms with E-state index in [-0.39, 0.29) is 5.91 Å². The van der Waals surface area contributed by atoms with Gasteiger partial charge in [-0.3, -0.25) is 14.5 Å². The number of pyridine rings is 1. The summed E-state index contributed by atoms with van der Waals surface area (Å²) in [4.78, 5) is 16.2. The lowest BCUT2D eigenvalue weighted by molar-refractivity contribution is 0.102. The van der Waals surface area contributed by atoms with Crippen LogP contribution in [-0.4, -0.2) is 20.7 Å². The van der Waals surface area contributed by atoms with E-state index in [0.717, 1.165) is 17.1 Å². The summed E-state index contributed by atoms with van der Waals surface area (Å²) in [5, 5.41) is 7.49. The van der Waals surface area contributed by atoms with Gasteiger partial charge in [-0.05, 0) is 31.5 Å². The maximum Gasteiger partial charge on any atom is 0.255 e. The van der Waals surface area contributed by atoms with E-state index < -0.39 is 0 Å². The molecule has 0 saturated heterocycles. The number of aromatic nitrogens is 3. The lowest BCUT2D eigenvalue weighted by Crippen LogP contribution is -2.13. The summed E-state index contributed by atoms with van der Waals surface area (Å²) in [6, 6.07) is 13.5. The summed E-state index contributed by atoms with van der Waals surface area (Å²) in [7, 11) is 0. The molecule has 1 amide bonds. The van der Waals surface area contributed by atoms with Gasteiger partial charge in [0.2, 0.25) is 0 Å². The fourth-order valence-corrected chi connectivity index (χ4v) is 2.48. The van der Waals surface area contributed by atoms with Gasteiger partial charge in [0.05, 0.1) is 23.6 Å². The molecule has 2 heterocycles. The third-order valence-corrected chi connectivity index (χ3v) is 3.74. The second-order valence-electron chi connectivity index (χ2n) is 5.38. The second-order valence-corrected chi connectivity index (χ2v) is 5.38.